The van der Waals surface area contributed by atoms with E-state index in [4.69, 9.17) is 5.11 Å². The Hall–Kier alpha value is -2.86. The zero-order chi connectivity index (χ0) is 18.8. The Kier molecular flexibility index (Phi) is 4.81. The average Bonchev–Trinajstić information content (AvgIpc) is 3.10. The number of aliphatic hydroxyl groups is 1. The molecule has 0 bridgehead atoms. The third-order valence-corrected chi connectivity index (χ3v) is 4.77. The fourth-order valence-electron chi connectivity index (χ4n) is 3.29. The zero-order valence-electron chi connectivity index (χ0n) is 15.1. The second-order valence-electron chi connectivity index (χ2n) is 6.80. The lowest BCUT2D eigenvalue weighted by atomic mass is 9.95. The maximum Gasteiger partial charge on any atom is 0.248 e. The van der Waals surface area contributed by atoms with Crippen LogP contribution in [0.1, 0.15) is 41.4 Å². The molecule has 1 aliphatic heterocycles. The summed E-state index contributed by atoms with van der Waals surface area (Å²) in [6.45, 7) is 2.17. The third-order valence-electron chi connectivity index (χ3n) is 4.77. The molecule has 0 fully saturated rings. The largest absolute Gasteiger partial charge is 0.396 e. The van der Waals surface area contributed by atoms with Gasteiger partial charge in [0.2, 0.25) is 5.95 Å². The van der Waals surface area contributed by atoms with Gasteiger partial charge < -0.3 is 5.11 Å². The summed E-state index contributed by atoms with van der Waals surface area (Å²) in [7, 11) is 0. The molecule has 0 radical (unpaired) electrons. The van der Waals surface area contributed by atoms with E-state index in [1.165, 1.54) is 17.7 Å². The average molecular weight is 364 g/mol. The predicted molar refractivity (Wildman–Crippen MR) is 102 cm³/mol. The number of aliphatic imine (C=N–C) groups is 1. The second kappa shape index (κ2) is 7.40. The van der Waals surface area contributed by atoms with Crippen molar-refractivity contribution in [2.75, 3.05) is 6.61 Å². The Labute approximate surface area is 157 Å². The Morgan fingerprint density at radius 2 is 1.85 bits per heavy atom. The van der Waals surface area contributed by atoms with E-state index in [1.54, 1.807) is 12.1 Å². The summed E-state index contributed by atoms with van der Waals surface area (Å²) in [6.07, 6.45) is 1.89. The fraction of sp³-hybridized carbons (Fsp3) is 0.286. The molecule has 0 spiro atoms. The van der Waals surface area contributed by atoms with Crippen molar-refractivity contribution in [3.05, 3.63) is 76.9 Å². The highest BCUT2D eigenvalue weighted by molar-refractivity contribution is 6.02. The van der Waals surface area contributed by atoms with Gasteiger partial charge in [-0.1, -0.05) is 42.0 Å². The van der Waals surface area contributed by atoms with Crippen LogP contribution in [0.4, 0.5) is 10.3 Å². The summed E-state index contributed by atoms with van der Waals surface area (Å²) < 4.78 is 15.2. The SMILES string of the molecule is Cc1ccc(C2CC(c3ccc(F)cc3)=Nc3nc(CCCO)nn32)cc1. The summed E-state index contributed by atoms with van der Waals surface area (Å²) >= 11 is 0. The number of rotatable bonds is 5. The van der Waals surface area contributed by atoms with Crippen LogP contribution >= 0.6 is 0 Å². The number of halogens is 1. The van der Waals surface area contributed by atoms with Gasteiger partial charge >= 0.3 is 0 Å². The summed E-state index contributed by atoms with van der Waals surface area (Å²) in [4.78, 5) is 9.24. The number of nitrogens with zero attached hydrogens (tertiary/aromatic N) is 4. The Bertz CT molecular complexity index is 961. The van der Waals surface area contributed by atoms with Gasteiger partial charge in [0.15, 0.2) is 5.82 Å². The van der Waals surface area contributed by atoms with Gasteiger partial charge in [-0.25, -0.2) is 14.1 Å². The molecule has 1 unspecified atom stereocenters. The van der Waals surface area contributed by atoms with E-state index in [2.05, 4.69) is 46.3 Å². The van der Waals surface area contributed by atoms with Crippen LogP contribution < -0.4 is 0 Å². The van der Waals surface area contributed by atoms with Crippen LogP contribution in [0.3, 0.4) is 0 Å². The van der Waals surface area contributed by atoms with E-state index in [9.17, 15) is 4.39 Å². The first-order chi connectivity index (χ1) is 13.1. The topological polar surface area (TPSA) is 63.3 Å². The fourth-order valence-corrected chi connectivity index (χ4v) is 3.29. The van der Waals surface area contributed by atoms with Crippen molar-refractivity contribution >= 4 is 11.7 Å². The Balaban J connectivity index is 1.76. The predicted octanol–water partition coefficient (Wildman–Crippen LogP) is 3.76. The summed E-state index contributed by atoms with van der Waals surface area (Å²) in [5.74, 6) is 0.971. The van der Waals surface area contributed by atoms with E-state index in [0.29, 0.717) is 31.0 Å². The van der Waals surface area contributed by atoms with Crippen molar-refractivity contribution in [3.8, 4) is 0 Å². The van der Waals surface area contributed by atoms with Gasteiger partial charge in [-0.15, -0.1) is 0 Å². The van der Waals surface area contributed by atoms with E-state index < -0.39 is 0 Å². The molecular formula is C21H21FN4O. The van der Waals surface area contributed by atoms with Crippen LogP contribution in [0, 0.1) is 12.7 Å². The number of aliphatic hydroxyl groups excluding tert-OH is 1. The molecule has 3 aromatic rings. The lowest BCUT2D eigenvalue weighted by Gasteiger charge is -2.24. The summed E-state index contributed by atoms with van der Waals surface area (Å²) in [5, 5.41) is 13.7. The highest BCUT2D eigenvalue weighted by atomic mass is 19.1. The van der Waals surface area contributed by atoms with Crippen LogP contribution in [0.2, 0.25) is 0 Å². The minimum Gasteiger partial charge on any atom is -0.396 e. The zero-order valence-corrected chi connectivity index (χ0v) is 15.1. The molecule has 1 atom stereocenters. The van der Waals surface area contributed by atoms with Crippen LogP contribution in [-0.4, -0.2) is 32.2 Å². The maximum absolute atomic E-state index is 13.3. The lowest BCUT2D eigenvalue weighted by molar-refractivity contribution is 0.287. The minimum absolute atomic E-state index is 0.0199. The van der Waals surface area contributed by atoms with Gasteiger partial charge in [0.05, 0.1) is 11.8 Å². The van der Waals surface area contributed by atoms with E-state index in [0.717, 1.165) is 16.8 Å². The van der Waals surface area contributed by atoms with Crippen molar-refractivity contribution in [1.29, 1.82) is 0 Å². The molecule has 0 aliphatic carbocycles. The van der Waals surface area contributed by atoms with Crippen molar-refractivity contribution in [2.24, 2.45) is 4.99 Å². The first-order valence-electron chi connectivity index (χ1n) is 9.10. The third kappa shape index (κ3) is 3.66. The van der Waals surface area contributed by atoms with Gasteiger partial charge in [0.1, 0.15) is 5.82 Å². The summed E-state index contributed by atoms with van der Waals surface area (Å²) in [6, 6.07) is 14.8. The van der Waals surface area contributed by atoms with Gasteiger partial charge in [0, 0.05) is 19.4 Å². The van der Waals surface area contributed by atoms with Crippen LogP contribution in [0.5, 0.6) is 0 Å². The van der Waals surface area contributed by atoms with Gasteiger partial charge in [0.25, 0.3) is 0 Å². The number of aromatic nitrogens is 3. The summed E-state index contributed by atoms with van der Waals surface area (Å²) in [5.41, 5.74) is 4.09. The molecule has 5 nitrogen and oxygen atoms in total. The normalized spacial score (nSPS) is 16.1. The van der Waals surface area contributed by atoms with Gasteiger partial charge in [-0.3, -0.25) is 0 Å². The highest BCUT2D eigenvalue weighted by Gasteiger charge is 2.27. The monoisotopic (exact) mass is 364 g/mol. The van der Waals surface area contributed by atoms with Crippen molar-refractivity contribution in [1.82, 2.24) is 14.8 Å². The standard InChI is InChI=1S/C21H21FN4O/c1-14-4-6-16(7-5-14)19-13-18(15-8-10-17(22)11-9-15)23-21-24-20(3-2-12-27)25-26(19)21/h4-11,19,27H,2-3,12-13H2,1H3. The van der Waals surface area contributed by atoms with E-state index in [-0.39, 0.29) is 18.5 Å². The molecule has 2 heterocycles. The van der Waals surface area contributed by atoms with Crippen LogP contribution in [-0.2, 0) is 6.42 Å². The molecule has 2 aromatic carbocycles. The molecule has 6 heteroatoms. The van der Waals surface area contributed by atoms with Crippen molar-refractivity contribution < 1.29 is 9.50 Å². The molecular weight excluding hydrogens is 343 g/mol. The molecule has 1 aromatic heterocycles. The number of hydrogen-bond donors (Lipinski definition) is 1. The van der Waals surface area contributed by atoms with Crippen molar-refractivity contribution in [2.45, 2.75) is 32.2 Å². The Morgan fingerprint density at radius 3 is 2.56 bits per heavy atom. The van der Waals surface area contributed by atoms with Gasteiger partial charge in [-0.05, 0) is 36.6 Å². The quantitative estimate of drug-likeness (QED) is 0.750. The molecule has 0 saturated heterocycles. The Morgan fingerprint density at radius 1 is 1.11 bits per heavy atom. The lowest BCUT2D eigenvalue weighted by Crippen LogP contribution is -2.21. The van der Waals surface area contributed by atoms with Crippen LogP contribution in [0.25, 0.3) is 0 Å². The number of aryl methyl sites for hydroxylation is 2. The highest BCUT2D eigenvalue weighted by Crippen LogP contribution is 2.33. The molecule has 1 N–H and O–H groups in total. The van der Waals surface area contributed by atoms with E-state index >= 15 is 0 Å². The maximum atomic E-state index is 13.3. The number of benzene rings is 2. The van der Waals surface area contributed by atoms with Crippen molar-refractivity contribution in [3.63, 3.8) is 0 Å². The second-order valence-corrected chi connectivity index (χ2v) is 6.80. The molecule has 4 rings (SSSR count). The molecule has 0 saturated carbocycles. The first-order valence-corrected chi connectivity index (χ1v) is 9.10. The van der Waals surface area contributed by atoms with Crippen LogP contribution in [0.15, 0.2) is 53.5 Å². The molecule has 1 aliphatic rings. The number of hydrogen-bond acceptors (Lipinski definition) is 4. The molecule has 27 heavy (non-hydrogen) atoms. The molecule has 0 amide bonds. The minimum atomic E-state index is -0.264. The first kappa shape index (κ1) is 17.5. The smallest absolute Gasteiger partial charge is 0.248 e. The van der Waals surface area contributed by atoms with E-state index in [1.807, 2.05) is 4.68 Å². The van der Waals surface area contributed by atoms with Gasteiger partial charge in [-0.2, -0.15) is 10.1 Å². The number of fused-ring (bicyclic) bond motifs is 1. The molecule has 138 valence electrons.